The van der Waals surface area contributed by atoms with Crippen LogP contribution in [0.1, 0.15) is 26.7 Å². The van der Waals surface area contributed by atoms with Crippen molar-refractivity contribution >= 4 is 43.9 Å². The molecule has 3 heterocycles. The fourth-order valence-corrected chi connectivity index (χ4v) is 4.16. The van der Waals surface area contributed by atoms with Crippen LogP contribution in [-0.2, 0) is 0 Å². The Hall–Kier alpha value is -3.59. The van der Waals surface area contributed by atoms with Crippen LogP contribution >= 0.6 is 0 Å². The standard InChI is InChI=1S/C26H19NO2/c1-15(2)16-12-13-27-21(14-16)19-8-5-7-17-18-10-11-23-24(26(18)29-25(17)19)20-6-3-4-9-22(20)28-23/h3-15H,1-2H3/i15D. The van der Waals surface area contributed by atoms with E-state index in [0.29, 0.717) is 0 Å². The molecule has 140 valence electrons. The molecule has 0 aliphatic heterocycles. The predicted octanol–water partition coefficient (Wildman–Crippen LogP) is 7.67. The van der Waals surface area contributed by atoms with E-state index in [1.165, 1.54) is 0 Å². The zero-order valence-electron chi connectivity index (χ0n) is 17.2. The smallest absolute Gasteiger partial charge is 0.147 e. The molecule has 0 saturated heterocycles. The summed E-state index contributed by atoms with van der Waals surface area (Å²) < 4.78 is 20.9. The van der Waals surface area contributed by atoms with E-state index in [9.17, 15) is 0 Å². The van der Waals surface area contributed by atoms with Crippen molar-refractivity contribution in [3.63, 3.8) is 0 Å². The number of hydrogen-bond acceptors (Lipinski definition) is 3. The third-order valence-electron chi connectivity index (χ3n) is 5.62. The maximum Gasteiger partial charge on any atom is 0.147 e. The number of fused-ring (bicyclic) bond motifs is 7. The highest BCUT2D eigenvalue weighted by atomic mass is 16.3. The second-order valence-electron chi connectivity index (χ2n) is 7.63. The topological polar surface area (TPSA) is 39.2 Å². The maximum absolute atomic E-state index is 8.37. The molecule has 6 aromatic rings. The van der Waals surface area contributed by atoms with Gasteiger partial charge in [0.1, 0.15) is 22.3 Å². The van der Waals surface area contributed by atoms with Gasteiger partial charge in [0.25, 0.3) is 0 Å². The summed E-state index contributed by atoms with van der Waals surface area (Å²) in [7, 11) is 0. The molecule has 6 rings (SSSR count). The van der Waals surface area contributed by atoms with E-state index in [1.807, 2.05) is 62.4 Å². The van der Waals surface area contributed by atoms with Crippen molar-refractivity contribution in [2.75, 3.05) is 0 Å². The summed E-state index contributed by atoms with van der Waals surface area (Å²) in [6.07, 6.45) is 1.77. The number of nitrogens with zero attached hydrogens (tertiary/aromatic N) is 1. The molecule has 0 saturated carbocycles. The molecule has 0 N–H and O–H groups in total. The number of furan rings is 2. The Morgan fingerprint density at radius 2 is 1.62 bits per heavy atom. The molecule has 3 aromatic carbocycles. The van der Waals surface area contributed by atoms with Gasteiger partial charge < -0.3 is 8.83 Å². The van der Waals surface area contributed by atoms with E-state index in [1.54, 1.807) is 6.20 Å². The normalized spacial score (nSPS) is 13.0. The van der Waals surface area contributed by atoms with Crippen molar-refractivity contribution in [2.45, 2.75) is 19.7 Å². The van der Waals surface area contributed by atoms with Crippen LogP contribution in [0.5, 0.6) is 0 Å². The average Bonchev–Trinajstić information content (AvgIpc) is 3.31. The number of para-hydroxylation sites is 2. The molecule has 0 bridgehead atoms. The Labute approximate surface area is 169 Å². The first kappa shape index (κ1) is 15.3. The second-order valence-corrected chi connectivity index (χ2v) is 7.63. The van der Waals surface area contributed by atoms with Gasteiger partial charge in [-0.1, -0.05) is 44.2 Å². The van der Waals surface area contributed by atoms with Crippen molar-refractivity contribution in [1.82, 2.24) is 4.98 Å². The molecule has 3 aromatic heterocycles. The Morgan fingerprint density at radius 1 is 0.793 bits per heavy atom. The van der Waals surface area contributed by atoms with Gasteiger partial charge in [0, 0.05) is 29.3 Å². The summed E-state index contributed by atoms with van der Waals surface area (Å²) in [6.45, 7) is 3.77. The largest absolute Gasteiger partial charge is 0.456 e. The molecule has 0 radical (unpaired) electrons. The number of pyridine rings is 1. The fourth-order valence-electron chi connectivity index (χ4n) is 4.16. The lowest BCUT2D eigenvalue weighted by Gasteiger charge is -2.07. The van der Waals surface area contributed by atoms with E-state index >= 15 is 0 Å². The van der Waals surface area contributed by atoms with Crippen molar-refractivity contribution in [1.29, 1.82) is 0 Å². The van der Waals surface area contributed by atoms with E-state index < -0.39 is 5.89 Å². The van der Waals surface area contributed by atoms with E-state index in [-0.39, 0.29) is 0 Å². The van der Waals surface area contributed by atoms with Crippen LogP contribution in [0.25, 0.3) is 55.1 Å². The second kappa shape index (κ2) is 5.95. The predicted molar refractivity (Wildman–Crippen MR) is 118 cm³/mol. The van der Waals surface area contributed by atoms with Gasteiger partial charge in [0.2, 0.25) is 0 Å². The molecule has 0 spiro atoms. The van der Waals surface area contributed by atoms with Crippen LogP contribution in [0, 0.1) is 0 Å². The molecule has 0 fully saturated rings. The van der Waals surface area contributed by atoms with Crippen molar-refractivity contribution in [3.05, 3.63) is 78.5 Å². The molecule has 0 aliphatic rings. The van der Waals surface area contributed by atoms with Crippen molar-refractivity contribution in [3.8, 4) is 11.3 Å². The van der Waals surface area contributed by atoms with Gasteiger partial charge in [-0.05, 0) is 47.9 Å². The van der Waals surface area contributed by atoms with Crippen LogP contribution in [0.2, 0.25) is 0 Å². The Balaban J connectivity index is 1.70. The quantitative estimate of drug-likeness (QED) is 0.310. The minimum Gasteiger partial charge on any atom is -0.456 e. The summed E-state index contributed by atoms with van der Waals surface area (Å²) >= 11 is 0. The molecular formula is C26H19NO2. The summed E-state index contributed by atoms with van der Waals surface area (Å²) in [5.74, 6) is -0.693. The summed E-state index contributed by atoms with van der Waals surface area (Å²) in [5, 5.41) is 4.16. The highest BCUT2D eigenvalue weighted by Crippen LogP contribution is 2.41. The zero-order chi connectivity index (χ0) is 20.5. The minimum atomic E-state index is -0.693. The van der Waals surface area contributed by atoms with Gasteiger partial charge in [0.05, 0.1) is 11.1 Å². The third-order valence-corrected chi connectivity index (χ3v) is 5.62. The monoisotopic (exact) mass is 378 g/mol. The van der Waals surface area contributed by atoms with Gasteiger partial charge in [0.15, 0.2) is 0 Å². The summed E-state index contributed by atoms with van der Waals surface area (Å²) in [4.78, 5) is 4.58. The molecule has 0 aliphatic carbocycles. The number of aromatic nitrogens is 1. The first-order chi connectivity index (χ1) is 14.5. The summed E-state index contributed by atoms with van der Waals surface area (Å²) in [5.41, 5.74) is 5.97. The van der Waals surface area contributed by atoms with Gasteiger partial charge in [-0.3, -0.25) is 4.98 Å². The van der Waals surface area contributed by atoms with E-state index in [0.717, 1.165) is 60.7 Å². The number of hydrogen-bond donors (Lipinski definition) is 0. The van der Waals surface area contributed by atoms with E-state index in [2.05, 4.69) is 23.2 Å². The average molecular weight is 378 g/mol. The number of rotatable bonds is 2. The molecule has 3 heteroatoms. The molecule has 0 atom stereocenters. The van der Waals surface area contributed by atoms with Gasteiger partial charge in [-0.25, -0.2) is 0 Å². The van der Waals surface area contributed by atoms with E-state index in [4.69, 9.17) is 10.2 Å². The lowest BCUT2D eigenvalue weighted by atomic mass is 10.0. The van der Waals surface area contributed by atoms with Crippen molar-refractivity contribution in [2.24, 2.45) is 0 Å². The van der Waals surface area contributed by atoms with Crippen molar-refractivity contribution < 1.29 is 10.2 Å². The molecule has 3 nitrogen and oxygen atoms in total. The molecule has 0 unspecified atom stereocenters. The highest BCUT2D eigenvalue weighted by molar-refractivity contribution is 6.22. The zero-order valence-corrected chi connectivity index (χ0v) is 16.2. The summed E-state index contributed by atoms with van der Waals surface area (Å²) in [6, 6.07) is 22.1. The Kier molecular flexibility index (Phi) is 3.15. The molecule has 0 amide bonds. The first-order valence-electron chi connectivity index (χ1n) is 10.2. The lowest BCUT2D eigenvalue weighted by Crippen LogP contribution is -1.90. The Bertz CT molecular complexity index is 1580. The Morgan fingerprint density at radius 3 is 2.52 bits per heavy atom. The van der Waals surface area contributed by atoms with Gasteiger partial charge in [-0.15, -0.1) is 0 Å². The third kappa shape index (κ3) is 2.34. The lowest BCUT2D eigenvalue weighted by molar-refractivity contribution is 0.663. The van der Waals surface area contributed by atoms with Crippen LogP contribution < -0.4 is 0 Å². The maximum atomic E-state index is 8.37. The van der Waals surface area contributed by atoms with Crippen LogP contribution in [0.4, 0.5) is 0 Å². The van der Waals surface area contributed by atoms with Gasteiger partial charge in [-0.2, -0.15) is 0 Å². The molecular weight excluding hydrogens is 358 g/mol. The SMILES string of the molecule is [2H]C(C)(C)c1ccnc(-c2cccc3c2oc2c3ccc3oc4ccccc4c32)c1. The highest BCUT2D eigenvalue weighted by Gasteiger charge is 2.18. The molecule has 29 heavy (non-hydrogen) atoms. The van der Waals surface area contributed by atoms with Crippen LogP contribution in [0.15, 0.2) is 81.8 Å². The fraction of sp³-hybridized carbons (Fsp3) is 0.115. The van der Waals surface area contributed by atoms with Crippen LogP contribution in [0.3, 0.4) is 0 Å². The van der Waals surface area contributed by atoms with Crippen LogP contribution in [-0.4, -0.2) is 4.98 Å². The number of benzene rings is 3. The van der Waals surface area contributed by atoms with Gasteiger partial charge >= 0.3 is 0 Å². The minimum absolute atomic E-state index is 0.693. The first-order valence-corrected chi connectivity index (χ1v) is 9.73.